The lowest BCUT2D eigenvalue weighted by Crippen LogP contribution is -2.13. The topological polar surface area (TPSA) is 69.6 Å². The van der Waals surface area contributed by atoms with Gasteiger partial charge in [0.25, 0.3) is 0 Å². The van der Waals surface area contributed by atoms with Crippen LogP contribution < -0.4 is 9.54 Å². The molecule has 2 aromatic heterocycles. The third-order valence-corrected chi connectivity index (χ3v) is 4.15. The normalized spacial score (nSPS) is 12.0. The number of nitrogens with zero attached hydrogens (tertiary/aromatic N) is 3. The van der Waals surface area contributed by atoms with Crippen molar-refractivity contribution in [3.63, 3.8) is 0 Å². The van der Waals surface area contributed by atoms with Crippen LogP contribution in [0.3, 0.4) is 0 Å². The van der Waals surface area contributed by atoms with E-state index in [0.717, 1.165) is 16.0 Å². The second-order valence-corrected chi connectivity index (χ2v) is 5.54. The van der Waals surface area contributed by atoms with E-state index in [4.69, 9.17) is 9.26 Å². The summed E-state index contributed by atoms with van der Waals surface area (Å²) in [6.45, 7) is 1.76. The van der Waals surface area contributed by atoms with Gasteiger partial charge in [0.15, 0.2) is 4.80 Å². The van der Waals surface area contributed by atoms with E-state index < -0.39 is 5.91 Å². The fraction of sp³-hybridized carbons (Fsp3) is 0.214. The summed E-state index contributed by atoms with van der Waals surface area (Å²) in [5.41, 5.74) is 1.64. The number of aromatic nitrogens is 2. The van der Waals surface area contributed by atoms with Crippen LogP contribution in [0.25, 0.3) is 10.2 Å². The van der Waals surface area contributed by atoms with E-state index in [9.17, 15) is 4.79 Å². The highest BCUT2D eigenvalue weighted by Gasteiger charge is 2.12. The minimum absolute atomic E-state index is 0.141. The molecule has 0 bridgehead atoms. The third-order valence-electron chi connectivity index (χ3n) is 3.05. The number of amides is 1. The van der Waals surface area contributed by atoms with E-state index in [1.54, 1.807) is 20.1 Å². The molecule has 0 N–H and O–H groups in total. The largest absolute Gasteiger partial charge is 0.497 e. The van der Waals surface area contributed by atoms with Crippen LogP contribution in [-0.4, -0.2) is 22.7 Å². The number of hydrogen-bond donors (Lipinski definition) is 0. The maximum Gasteiger partial charge on any atom is 0.318 e. The number of methoxy groups -OCH3 is 1. The summed E-state index contributed by atoms with van der Waals surface area (Å²) in [4.78, 5) is 16.7. The van der Waals surface area contributed by atoms with Gasteiger partial charge < -0.3 is 13.8 Å². The minimum atomic E-state index is -0.440. The Morgan fingerprint density at radius 2 is 2.24 bits per heavy atom. The van der Waals surface area contributed by atoms with E-state index in [0.29, 0.717) is 10.5 Å². The van der Waals surface area contributed by atoms with Gasteiger partial charge in [0, 0.05) is 13.1 Å². The number of aryl methyl sites for hydroxylation is 2. The number of thiazole rings is 1. The number of carbonyl (C=O) groups is 1. The zero-order chi connectivity index (χ0) is 15.0. The Morgan fingerprint density at radius 3 is 2.90 bits per heavy atom. The van der Waals surface area contributed by atoms with E-state index in [-0.39, 0.29) is 5.76 Å². The number of carbonyl (C=O) groups excluding carboxylic acids is 1. The first-order valence-corrected chi connectivity index (χ1v) is 7.06. The molecule has 2 heterocycles. The summed E-state index contributed by atoms with van der Waals surface area (Å²) in [6.07, 6.45) is 0. The van der Waals surface area contributed by atoms with Crippen LogP contribution in [0.2, 0.25) is 0 Å². The van der Waals surface area contributed by atoms with Crippen molar-refractivity contribution in [2.24, 2.45) is 12.0 Å². The molecule has 1 aromatic carbocycles. The standard InChI is InChI=1S/C14H13N3O3S/c1-8-6-11(20-16-8)13(18)15-14-17(2)10-5-4-9(19-3)7-12(10)21-14/h4-7H,1-3H3. The summed E-state index contributed by atoms with van der Waals surface area (Å²) in [6, 6.07) is 7.30. The Bertz CT molecular complexity index is 888. The molecule has 0 fully saturated rings. The molecule has 0 aliphatic carbocycles. The first kappa shape index (κ1) is 13.6. The molecule has 108 valence electrons. The summed E-state index contributed by atoms with van der Waals surface area (Å²) in [5.74, 6) is 0.473. The Kier molecular flexibility index (Phi) is 3.34. The third kappa shape index (κ3) is 2.47. The van der Waals surface area contributed by atoms with Crippen molar-refractivity contribution >= 4 is 27.5 Å². The maximum absolute atomic E-state index is 12.0. The van der Waals surface area contributed by atoms with Crippen LogP contribution in [0.1, 0.15) is 16.2 Å². The highest BCUT2D eigenvalue weighted by molar-refractivity contribution is 7.16. The lowest BCUT2D eigenvalue weighted by atomic mass is 10.3. The Labute approximate surface area is 124 Å². The molecule has 21 heavy (non-hydrogen) atoms. The number of hydrogen-bond acceptors (Lipinski definition) is 5. The first-order valence-electron chi connectivity index (χ1n) is 6.24. The highest BCUT2D eigenvalue weighted by Crippen LogP contribution is 2.22. The van der Waals surface area contributed by atoms with Crippen molar-refractivity contribution in [3.8, 4) is 5.75 Å². The molecule has 0 saturated carbocycles. The van der Waals surface area contributed by atoms with Gasteiger partial charge in [-0.1, -0.05) is 16.5 Å². The predicted molar refractivity (Wildman–Crippen MR) is 78.5 cm³/mol. The highest BCUT2D eigenvalue weighted by atomic mass is 32.1. The summed E-state index contributed by atoms with van der Waals surface area (Å²) in [5, 5.41) is 3.69. The van der Waals surface area contributed by atoms with Crippen molar-refractivity contribution in [3.05, 3.63) is 40.5 Å². The van der Waals surface area contributed by atoms with Crippen molar-refractivity contribution in [1.82, 2.24) is 9.72 Å². The van der Waals surface area contributed by atoms with Crippen LogP contribution in [-0.2, 0) is 7.05 Å². The zero-order valence-electron chi connectivity index (χ0n) is 11.8. The van der Waals surface area contributed by atoms with E-state index in [2.05, 4.69) is 10.1 Å². The number of ether oxygens (including phenoxy) is 1. The second-order valence-electron chi connectivity index (χ2n) is 4.53. The maximum atomic E-state index is 12.0. The Hall–Kier alpha value is -2.41. The molecule has 6 nitrogen and oxygen atoms in total. The van der Waals surface area contributed by atoms with Gasteiger partial charge in [0.2, 0.25) is 5.76 Å². The molecule has 0 atom stereocenters. The lowest BCUT2D eigenvalue weighted by Gasteiger charge is -1.99. The van der Waals surface area contributed by atoms with Gasteiger partial charge in [-0.3, -0.25) is 4.79 Å². The van der Waals surface area contributed by atoms with Gasteiger partial charge in [-0.2, -0.15) is 4.99 Å². The van der Waals surface area contributed by atoms with Crippen molar-refractivity contribution < 1.29 is 14.1 Å². The second kappa shape index (κ2) is 5.17. The number of fused-ring (bicyclic) bond motifs is 1. The van der Waals surface area contributed by atoms with Gasteiger partial charge in [0.1, 0.15) is 5.75 Å². The van der Waals surface area contributed by atoms with Gasteiger partial charge in [-0.15, -0.1) is 0 Å². The van der Waals surface area contributed by atoms with Gasteiger partial charge in [-0.25, -0.2) is 0 Å². The fourth-order valence-corrected chi connectivity index (χ4v) is 3.00. The molecule has 0 radical (unpaired) electrons. The lowest BCUT2D eigenvalue weighted by molar-refractivity contribution is 0.0962. The molecule has 1 amide bonds. The molecule has 0 unspecified atom stereocenters. The van der Waals surface area contributed by atoms with Crippen LogP contribution in [0.4, 0.5) is 0 Å². The van der Waals surface area contributed by atoms with Gasteiger partial charge in [-0.05, 0) is 25.1 Å². The van der Waals surface area contributed by atoms with Crippen molar-refractivity contribution in [1.29, 1.82) is 0 Å². The van der Waals surface area contributed by atoms with Crippen LogP contribution in [0.15, 0.2) is 33.8 Å². The molecule has 0 saturated heterocycles. The smallest absolute Gasteiger partial charge is 0.318 e. The fourth-order valence-electron chi connectivity index (χ4n) is 1.95. The average Bonchev–Trinajstić information content (AvgIpc) is 3.03. The molecule has 0 aliphatic heterocycles. The Balaban J connectivity index is 2.09. The number of benzene rings is 1. The van der Waals surface area contributed by atoms with Crippen LogP contribution in [0, 0.1) is 6.92 Å². The molecule has 3 rings (SSSR count). The first-order chi connectivity index (χ1) is 10.1. The van der Waals surface area contributed by atoms with Crippen LogP contribution >= 0.6 is 11.3 Å². The van der Waals surface area contributed by atoms with Crippen molar-refractivity contribution in [2.75, 3.05) is 7.11 Å². The van der Waals surface area contributed by atoms with Gasteiger partial charge >= 0.3 is 5.91 Å². The van der Waals surface area contributed by atoms with E-state index >= 15 is 0 Å². The van der Waals surface area contributed by atoms with Gasteiger partial charge in [0.05, 0.1) is 23.0 Å². The summed E-state index contributed by atoms with van der Waals surface area (Å²) >= 11 is 1.42. The predicted octanol–water partition coefficient (Wildman–Crippen LogP) is 2.29. The van der Waals surface area contributed by atoms with E-state index in [1.807, 2.05) is 29.8 Å². The molecular formula is C14H13N3O3S. The monoisotopic (exact) mass is 303 g/mol. The van der Waals surface area contributed by atoms with Crippen molar-refractivity contribution in [2.45, 2.75) is 6.92 Å². The molecule has 7 heteroatoms. The zero-order valence-corrected chi connectivity index (χ0v) is 12.6. The molecule has 0 aliphatic rings. The summed E-state index contributed by atoms with van der Waals surface area (Å²) < 4.78 is 13.0. The number of rotatable bonds is 2. The molecule has 3 aromatic rings. The minimum Gasteiger partial charge on any atom is -0.497 e. The SMILES string of the molecule is COc1ccc2c(c1)sc(=NC(=O)c1cc(C)no1)n2C. The summed E-state index contributed by atoms with van der Waals surface area (Å²) in [7, 11) is 3.49. The molecular weight excluding hydrogens is 290 g/mol. The average molecular weight is 303 g/mol. The van der Waals surface area contributed by atoms with E-state index in [1.165, 1.54) is 11.3 Å². The quantitative estimate of drug-likeness (QED) is 0.728. The molecule has 0 spiro atoms. The van der Waals surface area contributed by atoms with Crippen LogP contribution in [0.5, 0.6) is 5.75 Å². The Morgan fingerprint density at radius 1 is 1.43 bits per heavy atom.